The largest absolute Gasteiger partial charge is 0.491 e. The maximum atomic E-state index is 5.90. The van der Waals surface area contributed by atoms with Crippen molar-refractivity contribution in [1.82, 2.24) is 10.3 Å². The molecule has 4 heteroatoms. The number of rotatable bonds is 7. The van der Waals surface area contributed by atoms with E-state index in [0.29, 0.717) is 0 Å². The molecule has 126 valence electrons. The molecule has 0 aliphatic heterocycles. The van der Waals surface area contributed by atoms with E-state index in [1.54, 1.807) is 0 Å². The Hall–Kier alpha value is -1.78. The summed E-state index contributed by atoms with van der Waals surface area (Å²) in [5.74, 6) is 0.952. The molecule has 0 bridgehead atoms. The Kier molecular flexibility index (Phi) is 5.59. The van der Waals surface area contributed by atoms with E-state index in [0.717, 1.165) is 29.7 Å². The normalized spacial score (nSPS) is 11.3. The van der Waals surface area contributed by atoms with E-state index < -0.39 is 0 Å². The third kappa shape index (κ3) is 4.19. The zero-order valence-electron chi connectivity index (χ0n) is 14.1. The lowest BCUT2D eigenvalue weighted by molar-refractivity contribution is 0.239. The summed E-state index contributed by atoms with van der Waals surface area (Å²) in [6, 6.07) is 14.6. The van der Waals surface area contributed by atoms with Crippen molar-refractivity contribution in [3.05, 3.63) is 64.3 Å². The second kappa shape index (κ2) is 7.86. The maximum Gasteiger partial charge on any atom is 0.124 e. The number of H-pyrrole nitrogens is 1. The first-order valence-electron chi connectivity index (χ1n) is 8.34. The van der Waals surface area contributed by atoms with Gasteiger partial charge in [-0.05, 0) is 56.6 Å². The molecular weight excluding hydrogens is 364 g/mol. The Morgan fingerprint density at radius 3 is 2.79 bits per heavy atom. The molecule has 0 atom stereocenters. The number of hydrogen-bond acceptors (Lipinski definition) is 2. The molecule has 3 nitrogen and oxygen atoms in total. The molecule has 0 saturated heterocycles. The summed E-state index contributed by atoms with van der Waals surface area (Å²) in [6.07, 6.45) is 3.29. The highest BCUT2D eigenvalue weighted by Crippen LogP contribution is 2.24. The van der Waals surface area contributed by atoms with Gasteiger partial charge in [0, 0.05) is 33.7 Å². The lowest BCUT2D eigenvalue weighted by atomic mass is 10.1. The molecule has 3 rings (SSSR count). The minimum Gasteiger partial charge on any atom is -0.491 e. The number of aromatic amines is 1. The molecule has 0 fully saturated rings. The fraction of sp³-hybridized carbons (Fsp3) is 0.300. The molecule has 0 aliphatic rings. The van der Waals surface area contributed by atoms with Crippen molar-refractivity contribution in [3.8, 4) is 5.75 Å². The first-order chi connectivity index (χ1) is 11.6. The molecular formula is C20H23BrN2O. The van der Waals surface area contributed by atoms with Crippen LogP contribution in [-0.4, -0.2) is 17.6 Å². The van der Waals surface area contributed by atoms with Crippen LogP contribution in [0.3, 0.4) is 0 Å². The topological polar surface area (TPSA) is 37.0 Å². The van der Waals surface area contributed by atoms with Crippen LogP contribution >= 0.6 is 15.9 Å². The summed E-state index contributed by atoms with van der Waals surface area (Å²) in [5.41, 5.74) is 3.73. The van der Waals surface area contributed by atoms with Gasteiger partial charge >= 0.3 is 0 Å². The van der Waals surface area contributed by atoms with Crippen LogP contribution in [0.2, 0.25) is 0 Å². The number of para-hydroxylation sites is 1. The molecule has 1 heterocycles. The van der Waals surface area contributed by atoms with E-state index in [-0.39, 0.29) is 6.10 Å². The Labute approximate surface area is 151 Å². The van der Waals surface area contributed by atoms with Crippen LogP contribution in [0.1, 0.15) is 25.0 Å². The molecule has 0 unspecified atom stereocenters. The van der Waals surface area contributed by atoms with Gasteiger partial charge < -0.3 is 15.0 Å². The monoisotopic (exact) mass is 386 g/mol. The second-order valence-corrected chi connectivity index (χ2v) is 7.12. The minimum absolute atomic E-state index is 0.177. The Bertz CT molecular complexity index is 810. The average Bonchev–Trinajstić information content (AvgIpc) is 2.97. The molecule has 3 aromatic rings. The molecule has 0 amide bonds. The van der Waals surface area contributed by atoms with Crippen LogP contribution in [0.4, 0.5) is 0 Å². The predicted octanol–water partition coefficient (Wildman–Crippen LogP) is 5.05. The predicted molar refractivity (Wildman–Crippen MR) is 104 cm³/mol. The van der Waals surface area contributed by atoms with E-state index in [4.69, 9.17) is 4.74 Å². The third-order valence-corrected chi connectivity index (χ3v) is 4.44. The van der Waals surface area contributed by atoms with Gasteiger partial charge in [0.15, 0.2) is 0 Å². The van der Waals surface area contributed by atoms with Crippen molar-refractivity contribution >= 4 is 26.8 Å². The first kappa shape index (κ1) is 17.1. The van der Waals surface area contributed by atoms with Crippen LogP contribution in [0.15, 0.2) is 53.1 Å². The van der Waals surface area contributed by atoms with Crippen molar-refractivity contribution in [3.63, 3.8) is 0 Å². The van der Waals surface area contributed by atoms with E-state index in [1.165, 1.54) is 22.0 Å². The molecule has 0 saturated carbocycles. The smallest absolute Gasteiger partial charge is 0.124 e. The van der Waals surface area contributed by atoms with E-state index in [9.17, 15) is 0 Å². The van der Waals surface area contributed by atoms with Crippen LogP contribution in [0.25, 0.3) is 10.9 Å². The quantitative estimate of drug-likeness (QED) is 0.557. The van der Waals surface area contributed by atoms with Gasteiger partial charge in [0.1, 0.15) is 5.75 Å². The fourth-order valence-electron chi connectivity index (χ4n) is 2.84. The Balaban J connectivity index is 1.59. The number of aromatic nitrogens is 1. The van der Waals surface area contributed by atoms with E-state index in [2.05, 4.69) is 76.6 Å². The second-order valence-electron chi connectivity index (χ2n) is 6.20. The van der Waals surface area contributed by atoms with Crippen LogP contribution in [0.5, 0.6) is 5.75 Å². The Morgan fingerprint density at radius 2 is 1.96 bits per heavy atom. The van der Waals surface area contributed by atoms with Crippen LogP contribution in [-0.2, 0) is 13.0 Å². The number of hydrogen-bond donors (Lipinski definition) is 2. The van der Waals surface area contributed by atoms with Gasteiger partial charge in [-0.2, -0.15) is 0 Å². The molecule has 24 heavy (non-hydrogen) atoms. The van der Waals surface area contributed by atoms with Gasteiger partial charge in [0.2, 0.25) is 0 Å². The van der Waals surface area contributed by atoms with Gasteiger partial charge in [-0.3, -0.25) is 0 Å². The standard InChI is InChI=1S/C20H23BrN2O/c1-14(2)24-20-8-7-17(21)11-16(20)12-22-10-9-15-13-23-19-6-4-3-5-18(15)19/h3-8,11,13-14,22-23H,9-10,12H2,1-2H3. The van der Waals surface area contributed by atoms with Gasteiger partial charge in [0.05, 0.1) is 6.10 Å². The average molecular weight is 387 g/mol. The number of nitrogens with one attached hydrogen (secondary N) is 2. The van der Waals surface area contributed by atoms with Crippen molar-refractivity contribution in [2.75, 3.05) is 6.54 Å². The summed E-state index contributed by atoms with van der Waals surface area (Å²) in [4.78, 5) is 3.33. The highest BCUT2D eigenvalue weighted by Gasteiger charge is 2.07. The lowest BCUT2D eigenvalue weighted by Crippen LogP contribution is -2.18. The number of fused-ring (bicyclic) bond motifs is 1. The fourth-order valence-corrected chi connectivity index (χ4v) is 3.25. The summed E-state index contributed by atoms with van der Waals surface area (Å²) in [5, 5.41) is 4.84. The van der Waals surface area contributed by atoms with Gasteiger partial charge in [0.25, 0.3) is 0 Å². The van der Waals surface area contributed by atoms with Crippen LogP contribution in [0, 0.1) is 0 Å². The Morgan fingerprint density at radius 1 is 1.12 bits per heavy atom. The van der Waals surface area contributed by atoms with Crippen molar-refractivity contribution in [1.29, 1.82) is 0 Å². The van der Waals surface area contributed by atoms with Gasteiger partial charge in [-0.15, -0.1) is 0 Å². The summed E-state index contributed by atoms with van der Waals surface area (Å²) >= 11 is 3.54. The number of benzene rings is 2. The molecule has 0 spiro atoms. The summed E-state index contributed by atoms with van der Waals surface area (Å²) in [7, 11) is 0. The highest BCUT2D eigenvalue weighted by molar-refractivity contribution is 9.10. The summed E-state index contributed by atoms with van der Waals surface area (Å²) in [6.45, 7) is 5.83. The van der Waals surface area contributed by atoms with Crippen LogP contribution < -0.4 is 10.1 Å². The lowest BCUT2D eigenvalue weighted by Gasteiger charge is -2.15. The molecule has 2 aromatic carbocycles. The van der Waals surface area contributed by atoms with Crippen molar-refractivity contribution < 1.29 is 4.74 Å². The molecule has 2 N–H and O–H groups in total. The van der Waals surface area contributed by atoms with E-state index in [1.807, 2.05) is 12.1 Å². The molecule has 0 aliphatic carbocycles. The number of halogens is 1. The SMILES string of the molecule is CC(C)Oc1ccc(Br)cc1CNCCc1c[nH]c2ccccc12. The number of ether oxygens (including phenoxy) is 1. The van der Waals surface area contributed by atoms with Crippen molar-refractivity contribution in [2.45, 2.75) is 32.9 Å². The van der Waals surface area contributed by atoms with E-state index >= 15 is 0 Å². The summed E-state index contributed by atoms with van der Waals surface area (Å²) < 4.78 is 6.97. The first-order valence-corrected chi connectivity index (χ1v) is 9.13. The third-order valence-electron chi connectivity index (χ3n) is 3.95. The zero-order chi connectivity index (χ0) is 16.9. The molecule has 1 aromatic heterocycles. The highest BCUT2D eigenvalue weighted by atomic mass is 79.9. The van der Waals surface area contributed by atoms with Crippen molar-refractivity contribution in [2.24, 2.45) is 0 Å². The zero-order valence-corrected chi connectivity index (χ0v) is 15.7. The minimum atomic E-state index is 0.177. The van der Waals surface area contributed by atoms with Gasteiger partial charge in [-0.1, -0.05) is 34.1 Å². The maximum absolute atomic E-state index is 5.90. The molecule has 0 radical (unpaired) electrons. The van der Waals surface area contributed by atoms with Gasteiger partial charge in [-0.25, -0.2) is 0 Å².